The summed E-state index contributed by atoms with van der Waals surface area (Å²) in [5.74, 6) is 0.593. The number of fused-ring (bicyclic) bond motifs is 1. The first-order chi connectivity index (χ1) is 10.7. The molecular formula is C17H17ClN2O2. The Kier molecular flexibility index (Phi) is 4.20. The van der Waals surface area contributed by atoms with E-state index in [-0.39, 0.29) is 6.03 Å². The van der Waals surface area contributed by atoms with Gasteiger partial charge in [0, 0.05) is 18.1 Å². The minimum Gasteiger partial charge on any atom is -0.495 e. The van der Waals surface area contributed by atoms with Gasteiger partial charge in [0.05, 0.1) is 12.8 Å². The summed E-state index contributed by atoms with van der Waals surface area (Å²) >= 11 is 5.99. The number of amides is 2. The lowest BCUT2D eigenvalue weighted by molar-refractivity contribution is 0.206. The first kappa shape index (κ1) is 14.7. The van der Waals surface area contributed by atoms with Crippen LogP contribution in [0, 0.1) is 0 Å². The average Bonchev–Trinajstić information content (AvgIpc) is 2.54. The van der Waals surface area contributed by atoms with E-state index in [0.29, 0.717) is 29.5 Å². The summed E-state index contributed by atoms with van der Waals surface area (Å²) in [6.45, 7) is 1.32. The number of methoxy groups -OCH3 is 1. The lowest BCUT2D eigenvalue weighted by atomic mass is 10.0. The number of hydrogen-bond acceptors (Lipinski definition) is 2. The van der Waals surface area contributed by atoms with E-state index < -0.39 is 0 Å². The van der Waals surface area contributed by atoms with Gasteiger partial charge in [0.15, 0.2) is 0 Å². The molecule has 2 amide bonds. The van der Waals surface area contributed by atoms with Gasteiger partial charge < -0.3 is 15.0 Å². The van der Waals surface area contributed by atoms with Crippen molar-refractivity contribution in [2.75, 3.05) is 19.0 Å². The highest BCUT2D eigenvalue weighted by Gasteiger charge is 2.21. The van der Waals surface area contributed by atoms with Crippen LogP contribution in [0.25, 0.3) is 0 Å². The Balaban J connectivity index is 1.75. The van der Waals surface area contributed by atoms with E-state index in [4.69, 9.17) is 16.3 Å². The summed E-state index contributed by atoms with van der Waals surface area (Å²) < 4.78 is 5.25. The van der Waals surface area contributed by atoms with Crippen LogP contribution < -0.4 is 10.1 Å². The molecule has 4 nitrogen and oxygen atoms in total. The number of ether oxygens (including phenoxy) is 1. The van der Waals surface area contributed by atoms with Gasteiger partial charge in [-0.3, -0.25) is 0 Å². The normalized spacial score (nSPS) is 13.5. The smallest absolute Gasteiger partial charge is 0.322 e. The zero-order valence-corrected chi connectivity index (χ0v) is 13.1. The fraction of sp³-hybridized carbons (Fsp3) is 0.235. The number of rotatable bonds is 2. The Morgan fingerprint density at radius 2 is 2.00 bits per heavy atom. The Hall–Kier alpha value is -2.20. The molecule has 1 aliphatic heterocycles. The number of nitrogens with one attached hydrogen (secondary N) is 1. The molecule has 0 saturated heterocycles. The number of halogens is 1. The quantitative estimate of drug-likeness (QED) is 0.911. The lowest BCUT2D eigenvalue weighted by Crippen LogP contribution is -2.38. The summed E-state index contributed by atoms with van der Waals surface area (Å²) in [4.78, 5) is 14.3. The minimum atomic E-state index is -0.143. The van der Waals surface area contributed by atoms with Gasteiger partial charge >= 0.3 is 6.03 Å². The molecule has 2 aromatic rings. The molecular weight excluding hydrogens is 300 g/mol. The molecule has 3 rings (SSSR count). The second kappa shape index (κ2) is 6.28. The van der Waals surface area contributed by atoms with E-state index >= 15 is 0 Å². The van der Waals surface area contributed by atoms with Gasteiger partial charge in [-0.25, -0.2) is 4.79 Å². The molecule has 0 saturated carbocycles. The first-order valence-corrected chi connectivity index (χ1v) is 7.51. The predicted molar refractivity (Wildman–Crippen MR) is 87.6 cm³/mol. The van der Waals surface area contributed by atoms with Crippen LogP contribution in [0.1, 0.15) is 11.1 Å². The van der Waals surface area contributed by atoms with Crippen LogP contribution in [0.5, 0.6) is 5.75 Å². The molecule has 0 radical (unpaired) electrons. The van der Waals surface area contributed by atoms with Crippen LogP contribution in [0.2, 0.25) is 5.02 Å². The number of carbonyl (C=O) groups is 1. The second-order valence-corrected chi connectivity index (χ2v) is 5.65. The lowest BCUT2D eigenvalue weighted by Gasteiger charge is -2.29. The summed E-state index contributed by atoms with van der Waals surface area (Å²) in [5, 5.41) is 3.44. The van der Waals surface area contributed by atoms with E-state index in [1.54, 1.807) is 30.2 Å². The van der Waals surface area contributed by atoms with Crippen molar-refractivity contribution < 1.29 is 9.53 Å². The molecule has 0 unspecified atom stereocenters. The van der Waals surface area contributed by atoms with Crippen LogP contribution in [-0.4, -0.2) is 24.6 Å². The largest absolute Gasteiger partial charge is 0.495 e. The van der Waals surface area contributed by atoms with E-state index in [1.165, 1.54) is 11.1 Å². The third kappa shape index (κ3) is 3.02. The molecule has 0 aliphatic carbocycles. The summed E-state index contributed by atoms with van der Waals surface area (Å²) in [6.07, 6.45) is 0.871. The zero-order chi connectivity index (χ0) is 15.5. The van der Waals surface area contributed by atoms with Crippen LogP contribution in [0.3, 0.4) is 0 Å². The molecule has 0 bridgehead atoms. The SMILES string of the molecule is COc1ccc(Cl)cc1NC(=O)N1CCc2ccccc2C1. The zero-order valence-electron chi connectivity index (χ0n) is 12.3. The highest BCUT2D eigenvalue weighted by Crippen LogP contribution is 2.28. The number of hydrogen-bond donors (Lipinski definition) is 1. The van der Waals surface area contributed by atoms with Crippen LogP contribution in [0.4, 0.5) is 10.5 Å². The van der Waals surface area contributed by atoms with E-state index in [2.05, 4.69) is 17.4 Å². The standard InChI is InChI=1S/C17H17ClN2O2/c1-22-16-7-6-14(18)10-15(16)19-17(21)20-9-8-12-4-2-3-5-13(12)11-20/h2-7,10H,8-9,11H2,1H3,(H,19,21). The molecule has 0 fully saturated rings. The van der Waals surface area contributed by atoms with Crippen molar-refractivity contribution in [2.45, 2.75) is 13.0 Å². The third-order valence-corrected chi connectivity index (χ3v) is 4.06. The highest BCUT2D eigenvalue weighted by atomic mass is 35.5. The van der Waals surface area contributed by atoms with Crippen molar-refractivity contribution >= 4 is 23.3 Å². The van der Waals surface area contributed by atoms with Crippen molar-refractivity contribution in [2.24, 2.45) is 0 Å². The molecule has 22 heavy (non-hydrogen) atoms. The second-order valence-electron chi connectivity index (χ2n) is 5.22. The maximum Gasteiger partial charge on any atom is 0.322 e. The highest BCUT2D eigenvalue weighted by molar-refractivity contribution is 6.31. The van der Waals surface area contributed by atoms with Gasteiger partial charge in [-0.05, 0) is 35.7 Å². The van der Waals surface area contributed by atoms with E-state index in [9.17, 15) is 4.79 Å². The minimum absolute atomic E-state index is 0.143. The Labute approximate surface area is 134 Å². The summed E-state index contributed by atoms with van der Waals surface area (Å²) in [7, 11) is 1.57. The fourth-order valence-corrected chi connectivity index (χ4v) is 2.81. The van der Waals surface area contributed by atoms with Crippen molar-refractivity contribution in [3.63, 3.8) is 0 Å². The van der Waals surface area contributed by atoms with E-state index in [0.717, 1.165) is 6.42 Å². The van der Waals surface area contributed by atoms with Gasteiger partial charge in [0.2, 0.25) is 0 Å². The molecule has 0 aromatic heterocycles. The first-order valence-electron chi connectivity index (χ1n) is 7.13. The molecule has 114 valence electrons. The topological polar surface area (TPSA) is 41.6 Å². The maximum absolute atomic E-state index is 12.5. The van der Waals surface area contributed by atoms with Gasteiger partial charge in [0.1, 0.15) is 5.75 Å². The van der Waals surface area contributed by atoms with Crippen molar-refractivity contribution in [3.05, 3.63) is 58.6 Å². The van der Waals surface area contributed by atoms with Crippen LogP contribution in [0.15, 0.2) is 42.5 Å². The predicted octanol–water partition coefficient (Wildman–Crippen LogP) is 3.94. The molecule has 1 N–H and O–H groups in total. The number of urea groups is 1. The fourth-order valence-electron chi connectivity index (χ4n) is 2.64. The molecule has 5 heteroatoms. The molecule has 0 atom stereocenters. The number of nitrogens with zero attached hydrogens (tertiary/aromatic N) is 1. The maximum atomic E-state index is 12.5. The van der Waals surface area contributed by atoms with Gasteiger partial charge in [-0.1, -0.05) is 35.9 Å². The third-order valence-electron chi connectivity index (χ3n) is 3.82. The molecule has 1 heterocycles. The summed E-state index contributed by atoms with van der Waals surface area (Å²) in [5.41, 5.74) is 3.09. The Morgan fingerprint density at radius 1 is 1.23 bits per heavy atom. The van der Waals surface area contributed by atoms with Gasteiger partial charge in [0.25, 0.3) is 0 Å². The Bertz CT molecular complexity index is 703. The van der Waals surface area contributed by atoms with Crippen LogP contribution in [-0.2, 0) is 13.0 Å². The Morgan fingerprint density at radius 3 is 2.77 bits per heavy atom. The monoisotopic (exact) mass is 316 g/mol. The van der Waals surface area contributed by atoms with Crippen LogP contribution >= 0.6 is 11.6 Å². The van der Waals surface area contributed by atoms with Gasteiger partial charge in [-0.15, -0.1) is 0 Å². The number of carbonyl (C=O) groups excluding carboxylic acids is 1. The molecule has 2 aromatic carbocycles. The van der Waals surface area contributed by atoms with Crippen molar-refractivity contribution in [1.82, 2.24) is 4.90 Å². The number of benzene rings is 2. The number of anilines is 1. The van der Waals surface area contributed by atoms with Crippen molar-refractivity contribution in [3.8, 4) is 5.75 Å². The molecule has 0 spiro atoms. The summed E-state index contributed by atoms with van der Waals surface area (Å²) in [6, 6.07) is 13.2. The van der Waals surface area contributed by atoms with Gasteiger partial charge in [-0.2, -0.15) is 0 Å². The van der Waals surface area contributed by atoms with Crippen molar-refractivity contribution in [1.29, 1.82) is 0 Å². The molecule has 1 aliphatic rings. The van der Waals surface area contributed by atoms with E-state index in [1.807, 2.05) is 12.1 Å². The average molecular weight is 317 g/mol.